The summed E-state index contributed by atoms with van der Waals surface area (Å²) in [6.45, 7) is 5.49. The van der Waals surface area contributed by atoms with Crippen molar-refractivity contribution in [2.24, 2.45) is 5.92 Å². The quantitative estimate of drug-likeness (QED) is 0.500. The molecule has 102 valence electrons. The van der Waals surface area contributed by atoms with Gasteiger partial charge in [0.15, 0.2) is 0 Å². The molecule has 0 aromatic heterocycles. The van der Waals surface area contributed by atoms with Gasteiger partial charge >= 0.3 is 0 Å². The molecular formula is C17H28O. The van der Waals surface area contributed by atoms with Crippen molar-refractivity contribution < 1.29 is 4.74 Å². The van der Waals surface area contributed by atoms with Crippen molar-refractivity contribution >= 4 is 0 Å². The molecule has 1 aromatic carbocycles. The van der Waals surface area contributed by atoms with E-state index >= 15 is 0 Å². The van der Waals surface area contributed by atoms with E-state index in [2.05, 4.69) is 13.8 Å². The van der Waals surface area contributed by atoms with Gasteiger partial charge in [-0.1, -0.05) is 64.2 Å². The van der Waals surface area contributed by atoms with Crippen LogP contribution in [0.4, 0.5) is 0 Å². The highest BCUT2D eigenvalue weighted by atomic mass is 16.5. The molecule has 1 aromatic rings. The summed E-state index contributed by atoms with van der Waals surface area (Å²) < 4.78 is 5.70. The van der Waals surface area contributed by atoms with Gasteiger partial charge in [0.2, 0.25) is 0 Å². The first-order chi connectivity index (χ1) is 8.83. The van der Waals surface area contributed by atoms with E-state index in [9.17, 15) is 0 Å². The lowest BCUT2D eigenvalue weighted by Gasteiger charge is -2.11. The molecule has 1 rings (SSSR count). The van der Waals surface area contributed by atoms with Crippen LogP contribution >= 0.6 is 0 Å². The highest BCUT2D eigenvalue weighted by molar-refractivity contribution is 5.20. The van der Waals surface area contributed by atoms with Gasteiger partial charge in [-0.05, 0) is 30.9 Å². The van der Waals surface area contributed by atoms with Crippen molar-refractivity contribution in [2.75, 3.05) is 6.61 Å². The SMILES string of the molecule is CCCCCC[C@H](C)CCCOc1ccccc1. The lowest BCUT2D eigenvalue weighted by molar-refractivity contribution is 0.291. The van der Waals surface area contributed by atoms with Crippen LogP contribution in [0.2, 0.25) is 0 Å². The second kappa shape index (κ2) is 9.99. The third-order valence-corrected chi connectivity index (χ3v) is 3.40. The molecule has 1 heteroatoms. The van der Waals surface area contributed by atoms with Crippen LogP contribution in [0, 0.1) is 5.92 Å². The van der Waals surface area contributed by atoms with Crippen molar-refractivity contribution in [3.05, 3.63) is 30.3 Å². The van der Waals surface area contributed by atoms with Gasteiger partial charge in [0.05, 0.1) is 6.61 Å². The fourth-order valence-electron chi connectivity index (χ4n) is 2.20. The molecule has 0 heterocycles. The molecule has 0 amide bonds. The maximum Gasteiger partial charge on any atom is 0.119 e. The summed E-state index contributed by atoms with van der Waals surface area (Å²) in [4.78, 5) is 0. The first-order valence-electron chi connectivity index (χ1n) is 7.50. The summed E-state index contributed by atoms with van der Waals surface area (Å²) in [6.07, 6.45) is 9.37. The monoisotopic (exact) mass is 248 g/mol. The largest absolute Gasteiger partial charge is 0.494 e. The van der Waals surface area contributed by atoms with Gasteiger partial charge in [-0.15, -0.1) is 0 Å². The van der Waals surface area contributed by atoms with Crippen LogP contribution < -0.4 is 4.74 Å². The van der Waals surface area contributed by atoms with Crippen molar-refractivity contribution in [3.63, 3.8) is 0 Å². The van der Waals surface area contributed by atoms with Crippen LogP contribution in [-0.2, 0) is 0 Å². The van der Waals surface area contributed by atoms with Gasteiger partial charge in [0.1, 0.15) is 5.75 Å². The molecule has 0 N–H and O–H groups in total. The predicted octanol–water partition coefficient (Wildman–Crippen LogP) is 5.45. The maximum atomic E-state index is 5.70. The van der Waals surface area contributed by atoms with Gasteiger partial charge in [0, 0.05) is 0 Å². The first kappa shape index (κ1) is 15.1. The number of para-hydroxylation sites is 1. The molecule has 0 bridgehead atoms. The summed E-state index contributed by atoms with van der Waals surface area (Å²) in [5.41, 5.74) is 0. The number of rotatable bonds is 10. The van der Waals surface area contributed by atoms with Crippen LogP contribution in [0.15, 0.2) is 30.3 Å². The standard InChI is InChI=1S/C17H28O/c1-3-4-5-7-11-16(2)12-10-15-18-17-13-8-6-9-14-17/h6,8-9,13-14,16H,3-5,7,10-12,15H2,1-2H3/t16-/m0/s1. The molecule has 0 spiro atoms. The summed E-state index contributed by atoms with van der Waals surface area (Å²) in [7, 11) is 0. The molecule has 1 nitrogen and oxygen atoms in total. The Morgan fingerprint density at radius 1 is 0.944 bits per heavy atom. The van der Waals surface area contributed by atoms with Crippen molar-refractivity contribution in [1.29, 1.82) is 0 Å². The molecule has 18 heavy (non-hydrogen) atoms. The number of ether oxygens (including phenoxy) is 1. The van der Waals surface area contributed by atoms with Crippen molar-refractivity contribution in [3.8, 4) is 5.75 Å². The van der Waals surface area contributed by atoms with Gasteiger partial charge in [-0.2, -0.15) is 0 Å². The number of hydrogen-bond donors (Lipinski definition) is 0. The Balaban J connectivity index is 1.97. The van der Waals surface area contributed by atoms with E-state index < -0.39 is 0 Å². The molecule has 0 saturated carbocycles. The zero-order valence-corrected chi connectivity index (χ0v) is 12.0. The lowest BCUT2D eigenvalue weighted by atomic mass is 9.98. The third-order valence-electron chi connectivity index (χ3n) is 3.40. The van der Waals surface area contributed by atoms with Gasteiger partial charge < -0.3 is 4.74 Å². The predicted molar refractivity (Wildman–Crippen MR) is 79.1 cm³/mol. The molecule has 0 saturated heterocycles. The summed E-state index contributed by atoms with van der Waals surface area (Å²) in [6, 6.07) is 10.1. The molecule has 0 fully saturated rings. The maximum absolute atomic E-state index is 5.70. The number of benzene rings is 1. The van der Waals surface area contributed by atoms with E-state index in [1.54, 1.807) is 0 Å². The zero-order chi connectivity index (χ0) is 13.1. The summed E-state index contributed by atoms with van der Waals surface area (Å²) in [5, 5.41) is 0. The Morgan fingerprint density at radius 3 is 2.39 bits per heavy atom. The first-order valence-corrected chi connectivity index (χ1v) is 7.50. The highest BCUT2D eigenvalue weighted by Gasteiger charge is 2.02. The molecular weight excluding hydrogens is 220 g/mol. The molecule has 1 atom stereocenters. The Hall–Kier alpha value is -0.980. The minimum absolute atomic E-state index is 0.848. The van der Waals surface area contributed by atoms with Gasteiger partial charge in [-0.25, -0.2) is 0 Å². The average molecular weight is 248 g/mol. The zero-order valence-electron chi connectivity index (χ0n) is 12.0. The molecule has 0 aliphatic heterocycles. The number of hydrogen-bond acceptors (Lipinski definition) is 1. The summed E-state index contributed by atoms with van der Waals surface area (Å²) in [5.74, 6) is 1.84. The topological polar surface area (TPSA) is 9.23 Å². The Morgan fingerprint density at radius 2 is 1.67 bits per heavy atom. The van der Waals surface area contributed by atoms with Crippen LogP contribution in [-0.4, -0.2) is 6.61 Å². The lowest BCUT2D eigenvalue weighted by Crippen LogP contribution is -2.01. The number of unbranched alkanes of at least 4 members (excludes halogenated alkanes) is 3. The van der Waals surface area contributed by atoms with Crippen LogP contribution in [0.3, 0.4) is 0 Å². The third kappa shape index (κ3) is 7.37. The van der Waals surface area contributed by atoms with Gasteiger partial charge in [0.25, 0.3) is 0 Å². The average Bonchev–Trinajstić information content (AvgIpc) is 2.41. The fourth-order valence-corrected chi connectivity index (χ4v) is 2.20. The normalized spacial score (nSPS) is 12.3. The second-order valence-corrected chi connectivity index (χ2v) is 5.26. The van der Waals surface area contributed by atoms with Crippen LogP contribution in [0.1, 0.15) is 58.8 Å². The van der Waals surface area contributed by atoms with E-state index in [-0.39, 0.29) is 0 Å². The minimum atomic E-state index is 0.848. The van der Waals surface area contributed by atoms with Gasteiger partial charge in [-0.3, -0.25) is 0 Å². The Labute approximate surface area is 113 Å². The minimum Gasteiger partial charge on any atom is -0.494 e. The van der Waals surface area contributed by atoms with Crippen LogP contribution in [0.25, 0.3) is 0 Å². The van der Waals surface area contributed by atoms with Crippen molar-refractivity contribution in [2.45, 2.75) is 58.8 Å². The molecule has 0 aliphatic rings. The molecule has 0 aliphatic carbocycles. The smallest absolute Gasteiger partial charge is 0.119 e. The van der Waals surface area contributed by atoms with E-state index in [4.69, 9.17) is 4.74 Å². The Bertz CT molecular complexity index is 281. The Kier molecular flexibility index (Phi) is 8.37. The highest BCUT2D eigenvalue weighted by Crippen LogP contribution is 2.16. The van der Waals surface area contributed by atoms with E-state index in [1.165, 1.54) is 44.9 Å². The van der Waals surface area contributed by atoms with E-state index in [0.29, 0.717) is 0 Å². The van der Waals surface area contributed by atoms with Crippen LogP contribution in [0.5, 0.6) is 5.75 Å². The van der Waals surface area contributed by atoms with Crippen molar-refractivity contribution in [1.82, 2.24) is 0 Å². The molecule has 0 unspecified atom stereocenters. The fraction of sp³-hybridized carbons (Fsp3) is 0.647. The molecule has 0 radical (unpaired) electrons. The summed E-state index contributed by atoms with van der Waals surface area (Å²) >= 11 is 0. The second-order valence-electron chi connectivity index (χ2n) is 5.26. The van der Waals surface area contributed by atoms with E-state index in [0.717, 1.165) is 18.3 Å². The van der Waals surface area contributed by atoms with E-state index in [1.807, 2.05) is 30.3 Å².